The van der Waals surface area contributed by atoms with Crippen molar-refractivity contribution in [2.75, 3.05) is 12.8 Å². The van der Waals surface area contributed by atoms with E-state index >= 15 is 0 Å². The highest BCUT2D eigenvalue weighted by Crippen LogP contribution is 2.29. The Hall–Kier alpha value is -2.11. The molecule has 2 aromatic carbocycles. The van der Waals surface area contributed by atoms with Crippen molar-refractivity contribution >= 4 is 23.5 Å². The van der Waals surface area contributed by atoms with E-state index in [1.54, 1.807) is 18.2 Å². The lowest BCUT2D eigenvalue weighted by Crippen LogP contribution is -2.31. The summed E-state index contributed by atoms with van der Waals surface area (Å²) in [6.07, 6.45) is 3.84. The van der Waals surface area contributed by atoms with E-state index in [0.29, 0.717) is 11.3 Å². The van der Waals surface area contributed by atoms with Crippen LogP contribution in [-0.4, -0.2) is 30.6 Å². The van der Waals surface area contributed by atoms with E-state index in [9.17, 15) is 9.59 Å². The van der Waals surface area contributed by atoms with E-state index in [1.165, 1.54) is 24.2 Å². The van der Waals surface area contributed by atoms with E-state index < -0.39 is 0 Å². The molecule has 1 N–H and O–H groups in total. The highest BCUT2D eigenvalue weighted by atomic mass is 32.2. The van der Waals surface area contributed by atoms with E-state index in [0.717, 1.165) is 17.7 Å². The van der Waals surface area contributed by atoms with Gasteiger partial charge in [0.05, 0.1) is 11.4 Å². The Kier molecular flexibility index (Phi) is 7.88. The summed E-state index contributed by atoms with van der Waals surface area (Å²) in [5.41, 5.74) is 1.92. The summed E-state index contributed by atoms with van der Waals surface area (Å²) in [6, 6.07) is 15.7. The second kappa shape index (κ2) is 10.1. The smallest absolute Gasteiger partial charge is 0.308 e. The van der Waals surface area contributed by atoms with Crippen molar-refractivity contribution in [1.82, 2.24) is 5.32 Å². The van der Waals surface area contributed by atoms with Crippen LogP contribution in [0.3, 0.4) is 0 Å². The van der Waals surface area contributed by atoms with Crippen LogP contribution in [0.2, 0.25) is 0 Å². The molecular formula is C21H25NO3S. The Bertz CT molecular complexity index is 746. The molecule has 0 aromatic heterocycles. The summed E-state index contributed by atoms with van der Waals surface area (Å²) in [5.74, 6) is 0.153. The zero-order valence-corrected chi connectivity index (χ0v) is 16.3. The number of carbonyl (C=O) groups is 2. The van der Waals surface area contributed by atoms with Gasteiger partial charge in [-0.15, -0.1) is 11.8 Å². The molecule has 5 heteroatoms. The lowest BCUT2D eigenvalue weighted by atomic mass is 10.1. The lowest BCUT2D eigenvalue weighted by molar-refractivity contribution is -0.132. The van der Waals surface area contributed by atoms with E-state index in [1.807, 2.05) is 24.5 Å². The minimum atomic E-state index is -0.367. The number of carbonyl (C=O) groups excluding carboxylic acids is 2. The van der Waals surface area contributed by atoms with Gasteiger partial charge in [-0.3, -0.25) is 9.59 Å². The van der Waals surface area contributed by atoms with Gasteiger partial charge in [0.25, 0.3) is 0 Å². The molecule has 0 aliphatic carbocycles. The van der Waals surface area contributed by atoms with Crippen LogP contribution in [0.25, 0.3) is 0 Å². The van der Waals surface area contributed by atoms with Crippen LogP contribution in [0.5, 0.6) is 5.75 Å². The predicted molar refractivity (Wildman–Crippen MR) is 106 cm³/mol. The third-order valence-corrected chi connectivity index (χ3v) is 4.82. The molecule has 0 saturated heterocycles. The van der Waals surface area contributed by atoms with Gasteiger partial charge >= 0.3 is 5.97 Å². The molecule has 0 aliphatic heterocycles. The minimum absolute atomic E-state index is 0.0289. The zero-order chi connectivity index (χ0) is 18.9. The van der Waals surface area contributed by atoms with Gasteiger partial charge < -0.3 is 10.1 Å². The number of aryl methyl sites for hydroxylation is 1. The molecule has 4 nitrogen and oxygen atoms in total. The fourth-order valence-electron chi connectivity index (χ4n) is 2.58. The number of benzene rings is 2. The third-order valence-electron chi connectivity index (χ3n) is 4.06. The molecule has 0 fully saturated rings. The first-order chi connectivity index (χ1) is 12.5. The normalized spacial score (nSPS) is 11.8. The minimum Gasteiger partial charge on any atom is -0.426 e. The molecule has 0 aliphatic rings. The summed E-state index contributed by atoms with van der Waals surface area (Å²) < 4.78 is 5.16. The van der Waals surface area contributed by atoms with Crippen molar-refractivity contribution in [3.8, 4) is 5.75 Å². The van der Waals surface area contributed by atoms with Gasteiger partial charge in [-0.05, 0) is 49.8 Å². The van der Waals surface area contributed by atoms with Crippen molar-refractivity contribution in [1.29, 1.82) is 0 Å². The molecule has 1 unspecified atom stereocenters. The maximum atomic E-state index is 12.4. The number of rotatable bonds is 9. The van der Waals surface area contributed by atoms with E-state index in [4.69, 9.17) is 4.74 Å². The molecule has 0 radical (unpaired) electrons. The average molecular weight is 372 g/mol. The van der Waals surface area contributed by atoms with Gasteiger partial charge in [0.1, 0.15) is 5.75 Å². The number of thioether (sulfide) groups is 1. The second-order valence-electron chi connectivity index (χ2n) is 6.19. The van der Waals surface area contributed by atoms with Crippen LogP contribution >= 0.6 is 11.8 Å². The highest BCUT2D eigenvalue weighted by molar-refractivity contribution is 7.98. The first kappa shape index (κ1) is 20.2. The van der Waals surface area contributed by atoms with Crippen LogP contribution in [0.1, 0.15) is 36.2 Å². The number of esters is 1. The van der Waals surface area contributed by atoms with Gasteiger partial charge in [0, 0.05) is 18.5 Å². The number of nitrogens with one attached hydrogen (secondary N) is 1. The number of ketones is 1. The molecule has 2 aromatic rings. The largest absolute Gasteiger partial charge is 0.426 e. The Labute approximate surface area is 159 Å². The van der Waals surface area contributed by atoms with Crippen LogP contribution in [0.15, 0.2) is 53.4 Å². The third kappa shape index (κ3) is 6.32. The number of ether oxygens (including phenoxy) is 1. The Morgan fingerprint density at radius 2 is 1.88 bits per heavy atom. The maximum absolute atomic E-state index is 12.4. The summed E-state index contributed by atoms with van der Waals surface area (Å²) in [6.45, 7) is 3.74. The molecule has 2 rings (SSSR count). The highest BCUT2D eigenvalue weighted by Gasteiger charge is 2.12. The Morgan fingerprint density at radius 3 is 2.54 bits per heavy atom. The second-order valence-corrected chi connectivity index (χ2v) is 7.04. The fraction of sp³-hybridized carbons (Fsp3) is 0.333. The lowest BCUT2D eigenvalue weighted by Gasteiger charge is -2.14. The molecule has 0 bridgehead atoms. The van der Waals surface area contributed by atoms with Crippen LogP contribution in [0, 0.1) is 0 Å². The maximum Gasteiger partial charge on any atom is 0.308 e. The summed E-state index contributed by atoms with van der Waals surface area (Å²) in [5, 5.41) is 3.29. The zero-order valence-electron chi connectivity index (χ0n) is 15.5. The predicted octanol–water partition coefficient (Wildman–Crippen LogP) is 4.13. The summed E-state index contributed by atoms with van der Waals surface area (Å²) in [4.78, 5) is 24.4. The molecule has 0 spiro atoms. The van der Waals surface area contributed by atoms with Crippen molar-refractivity contribution in [3.63, 3.8) is 0 Å². The van der Waals surface area contributed by atoms with Gasteiger partial charge in [0.2, 0.25) is 0 Å². The Balaban J connectivity index is 1.87. The van der Waals surface area contributed by atoms with Gasteiger partial charge in [-0.1, -0.05) is 30.3 Å². The van der Waals surface area contributed by atoms with Crippen LogP contribution in [-0.2, 0) is 11.2 Å². The van der Waals surface area contributed by atoms with Gasteiger partial charge in [-0.2, -0.15) is 0 Å². The summed E-state index contributed by atoms with van der Waals surface area (Å²) >= 11 is 1.45. The molecule has 0 amide bonds. The molecular weight excluding hydrogens is 346 g/mol. The van der Waals surface area contributed by atoms with E-state index in [2.05, 4.69) is 24.4 Å². The van der Waals surface area contributed by atoms with Gasteiger partial charge in [-0.25, -0.2) is 0 Å². The van der Waals surface area contributed by atoms with E-state index in [-0.39, 0.29) is 24.3 Å². The number of hydrogen-bond acceptors (Lipinski definition) is 5. The Morgan fingerprint density at radius 1 is 1.15 bits per heavy atom. The van der Waals surface area contributed by atoms with Crippen LogP contribution in [0.4, 0.5) is 0 Å². The first-order valence-corrected chi connectivity index (χ1v) is 9.89. The number of Topliss-reactive ketones (excluding diaryl/α,β-unsaturated/α-hetero) is 1. The topological polar surface area (TPSA) is 55.4 Å². The fourth-order valence-corrected chi connectivity index (χ4v) is 3.13. The molecule has 138 valence electrons. The molecule has 26 heavy (non-hydrogen) atoms. The van der Waals surface area contributed by atoms with Crippen molar-refractivity contribution in [2.24, 2.45) is 0 Å². The molecule has 0 heterocycles. The van der Waals surface area contributed by atoms with Crippen molar-refractivity contribution < 1.29 is 14.3 Å². The molecule has 1 atom stereocenters. The monoisotopic (exact) mass is 371 g/mol. The van der Waals surface area contributed by atoms with Crippen LogP contribution < -0.4 is 10.1 Å². The number of hydrogen-bond donors (Lipinski definition) is 1. The summed E-state index contributed by atoms with van der Waals surface area (Å²) in [7, 11) is 0. The van der Waals surface area contributed by atoms with Crippen molar-refractivity contribution in [3.05, 3.63) is 59.7 Å². The molecule has 0 saturated carbocycles. The van der Waals surface area contributed by atoms with Crippen molar-refractivity contribution in [2.45, 2.75) is 37.6 Å². The quantitative estimate of drug-likeness (QED) is 0.311. The first-order valence-electron chi connectivity index (χ1n) is 8.66. The SMILES string of the molecule is CSc1cc(C(=O)CNC(C)CCc2ccccc2)ccc1OC(C)=O. The average Bonchev–Trinajstić information content (AvgIpc) is 2.65. The standard InChI is InChI=1S/C21H25NO3S/c1-15(9-10-17-7-5-4-6-8-17)22-14-19(24)18-11-12-20(25-16(2)23)21(13-18)26-3/h4-8,11-13,15,22H,9-10,14H2,1-3H3. The van der Waals surface area contributed by atoms with Gasteiger partial charge in [0.15, 0.2) is 5.78 Å².